The number of carboxylic acids is 1. The zero-order valence-corrected chi connectivity index (χ0v) is 15.2. The fourth-order valence-corrected chi connectivity index (χ4v) is 2.62. The predicted octanol–water partition coefficient (Wildman–Crippen LogP) is 3.15. The van der Waals surface area contributed by atoms with Crippen LogP contribution in [0.15, 0.2) is 24.3 Å². The molecule has 1 amide bonds. The Kier molecular flexibility index (Phi) is 8.47. The summed E-state index contributed by atoms with van der Waals surface area (Å²) in [6.45, 7) is 11.1. The van der Waals surface area contributed by atoms with Gasteiger partial charge in [0.2, 0.25) is 0 Å². The molecule has 0 aliphatic rings. The van der Waals surface area contributed by atoms with Gasteiger partial charge in [0.05, 0.1) is 0 Å². The maximum absolute atomic E-state index is 12.2. The van der Waals surface area contributed by atoms with Gasteiger partial charge in [-0.2, -0.15) is 0 Å². The first-order chi connectivity index (χ1) is 11.4. The smallest absolute Gasteiger partial charge is 0.326 e. The van der Waals surface area contributed by atoms with E-state index in [-0.39, 0.29) is 11.8 Å². The molecule has 0 saturated heterocycles. The van der Waals surface area contributed by atoms with Crippen molar-refractivity contribution in [3.63, 3.8) is 0 Å². The maximum atomic E-state index is 12.2. The molecule has 1 aromatic rings. The van der Waals surface area contributed by atoms with Gasteiger partial charge < -0.3 is 10.4 Å². The number of amides is 1. The number of nitrogens with zero attached hydrogens (tertiary/aromatic N) is 1. The molecule has 0 spiro atoms. The number of carbonyl (C=O) groups excluding carboxylic acids is 1. The molecule has 5 nitrogen and oxygen atoms in total. The van der Waals surface area contributed by atoms with E-state index in [0.717, 1.165) is 31.6 Å². The van der Waals surface area contributed by atoms with E-state index in [1.165, 1.54) is 0 Å². The highest BCUT2D eigenvalue weighted by Gasteiger charge is 2.21. The molecule has 5 heteroatoms. The van der Waals surface area contributed by atoms with Crippen LogP contribution in [0.2, 0.25) is 0 Å². The molecule has 1 rings (SSSR count). The average Bonchev–Trinajstić information content (AvgIpc) is 2.53. The number of aliphatic carboxylic acids is 1. The van der Waals surface area contributed by atoms with Crippen molar-refractivity contribution in [2.45, 2.75) is 53.1 Å². The molecule has 1 atom stereocenters. The van der Waals surface area contributed by atoms with Gasteiger partial charge in [-0.15, -0.1) is 0 Å². The molecule has 0 heterocycles. The number of hydrogen-bond acceptors (Lipinski definition) is 3. The first-order valence-corrected chi connectivity index (χ1v) is 8.72. The third-order valence-electron chi connectivity index (χ3n) is 3.92. The highest BCUT2D eigenvalue weighted by Crippen LogP contribution is 2.10. The quantitative estimate of drug-likeness (QED) is 0.689. The van der Waals surface area contributed by atoms with Gasteiger partial charge in [0, 0.05) is 12.1 Å². The summed E-state index contributed by atoms with van der Waals surface area (Å²) in [5, 5.41) is 11.8. The number of carbonyl (C=O) groups is 2. The first kappa shape index (κ1) is 20.2. The summed E-state index contributed by atoms with van der Waals surface area (Å²) in [6.07, 6.45) is 1.53. The van der Waals surface area contributed by atoms with Crippen LogP contribution < -0.4 is 5.32 Å². The molecular formula is C19H30N2O3. The van der Waals surface area contributed by atoms with E-state index in [4.69, 9.17) is 0 Å². The van der Waals surface area contributed by atoms with Crippen molar-refractivity contribution < 1.29 is 14.7 Å². The van der Waals surface area contributed by atoms with E-state index in [2.05, 4.69) is 24.1 Å². The minimum Gasteiger partial charge on any atom is -0.480 e. The van der Waals surface area contributed by atoms with Crippen LogP contribution in [0, 0.1) is 5.92 Å². The number of rotatable bonds is 10. The second-order valence-electron chi connectivity index (χ2n) is 6.56. The molecule has 2 N–H and O–H groups in total. The van der Waals surface area contributed by atoms with Gasteiger partial charge in [0.25, 0.3) is 5.91 Å². The van der Waals surface area contributed by atoms with Crippen molar-refractivity contribution >= 4 is 11.9 Å². The molecule has 24 heavy (non-hydrogen) atoms. The standard InChI is InChI=1S/C19H30N2O3/c1-5-11-21(6-2)13-15-7-9-16(10-8-15)18(22)20-17(19(23)24)12-14(3)4/h7-10,14,17H,5-6,11-13H2,1-4H3,(H,20,22)(H,23,24)/t17-/m0/s1. The van der Waals surface area contributed by atoms with E-state index in [0.29, 0.717) is 12.0 Å². The van der Waals surface area contributed by atoms with Gasteiger partial charge in [-0.3, -0.25) is 9.69 Å². The Morgan fingerprint density at radius 1 is 1.17 bits per heavy atom. The molecule has 0 saturated carbocycles. The summed E-state index contributed by atoms with van der Waals surface area (Å²) in [5.74, 6) is -1.13. The van der Waals surface area contributed by atoms with E-state index in [1.807, 2.05) is 26.0 Å². The van der Waals surface area contributed by atoms with Crippen LogP contribution in [0.1, 0.15) is 56.5 Å². The van der Waals surface area contributed by atoms with Crippen molar-refractivity contribution in [3.8, 4) is 0 Å². The molecule has 0 radical (unpaired) electrons. The highest BCUT2D eigenvalue weighted by atomic mass is 16.4. The van der Waals surface area contributed by atoms with Crippen LogP contribution in [-0.2, 0) is 11.3 Å². The Bertz CT molecular complexity index is 526. The topological polar surface area (TPSA) is 69.6 Å². The van der Waals surface area contributed by atoms with Gasteiger partial charge in [-0.25, -0.2) is 4.79 Å². The molecule has 134 valence electrons. The minimum atomic E-state index is -0.994. The Hall–Kier alpha value is -1.88. The van der Waals surface area contributed by atoms with Crippen LogP contribution in [-0.4, -0.2) is 41.0 Å². The van der Waals surface area contributed by atoms with Crippen LogP contribution in [0.25, 0.3) is 0 Å². The minimum absolute atomic E-state index is 0.201. The lowest BCUT2D eigenvalue weighted by molar-refractivity contribution is -0.139. The maximum Gasteiger partial charge on any atom is 0.326 e. The van der Waals surface area contributed by atoms with Crippen LogP contribution in [0.3, 0.4) is 0 Å². The van der Waals surface area contributed by atoms with E-state index < -0.39 is 12.0 Å². The number of hydrogen-bond donors (Lipinski definition) is 2. The van der Waals surface area contributed by atoms with E-state index in [9.17, 15) is 14.7 Å². The molecular weight excluding hydrogens is 304 g/mol. The second kappa shape index (κ2) is 10.1. The average molecular weight is 334 g/mol. The molecule has 0 fully saturated rings. The van der Waals surface area contributed by atoms with E-state index in [1.54, 1.807) is 12.1 Å². The van der Waals surface area contributed by atoms with Crippen LogP contribution >= 0.6 is 0 Å². The summed E-state index contributed by atoms with van der Waals surface area (Å²) in [4.78, 5) is 25.8. The van der Waals surface area contributed by atoms with Crippen LogP contribution in [0.5, 0.6) is 0 Å². The fraction of sp³-hybridized carbons (Fsp3) is 0.579. The van der Waals surface area contributed by atoms with Crippen molar-refractivity contribution in [1.29, 1.82) is 0 Å². The lowest BCUT2D eigenvalue weighted by atomic mass is 10.0. The van der Waals surface area contributed by atoms with Gasteiger partial charge in [-0.1, -0.05) is 39.8 Å². The van der Waals surface area contributed by atoms with Crippen molar-refractivity contribution in [2.75, 3.05) is 13.1 Å². The third kappa shape index (κ3) is 6.71. The van der Waals surface area contributed by atoms with Crippen molar-refractivity contribution in [1.82, 2.24) is 10.2 Å². The normalized spacial score (nSPS) is 12.4. The Morgan fingerprint density at radius 2 is 1.79 bits per heavy atom. The molecule has 0 unspecified atom stereocenters. The van der Waals surface area contributed by atoms with Gasteiger partial charge >= 0.3 is 5.97 Å². The van der Waals surface area contributed by atoms with E-state index >= 15 is 0 Å². The van der Waals surface area contributed by atoms with Crippen molar-refractivity contribution in [2.24, 2.45) is 5.92 Å². The van der Waals surface area contributed by atoms with Gasteiger partial charge in [0.1, 0.15) is 6.04 Å². The molecule has 0 aliphatic heterocycles. The lowest BCUT2D eigenvalue weighted by Gasteiger charge is -2.20. The van der Waals surface area contributed by atoms with Crippen molar-refractivity contribution in [3.05, 3.63) is 35.4 Å². The lowest BCUT2D eigenvalue weighted by Crippen LogP contribution is -2.41. The van der Waals surface area contributed by atoms with Gasteiger partial charge in [-0.05, 0) is 49.5 Å². The third-order valence-corrected chi connectivity index (χ3v) is 3.92. The zero-order valence-electron chi connectivity index (χ0n) is 15.2. The number of nitrogens with one attached hydrogen (secondary N) is 1. The predicted molar refractivity (Wildman–Crippen MR) is 96.0 cm³/mol. The zero-order chi connectivity index (χ0) is 18.1. The summed E-state index contributed by atoms with van der Waals surface area (Å²) in [5.41, 5.74) is 1.64. The highest BCUT2D eigenvalue weighted by molar-refractivity contribution is 5.96. The summed E-state index contributed by atoms with van der Waals surface area (Å²) < 4.78 is 0. The number of carboxylic acid groups (broad SMARTS) is 1. The Balaban J connectivity index is 2.70. The summed E-state index contributed by atoms with van der Waals surface area (Å²) in [7, 11) is 0. The van der Waals surface area contributed by atoms with Crippen LogP contribution in [0.4, 0.5) is 0 Å². The molecule has 0 bridgehead atoms. The summed E-state index contributed by atoms with van der Waals surface area (Å²) >= 11 is 0. The summed E-state index contributed by atoms with van der Waals surface area (Å²) in [6, 6.07) is 6.55. The Labute approximate surface area is 145 Å². The monoisotopic (exact) mass is 334 g/mol. The molecule has 1 aromatic carbocycles. The fourth-order valence-electron chi connectivity index (χ4n) is 2.62. The largest absolute Gasteiger partial charge is 0.480 e. The molecule has 0 aromatic heterocycles. The van der Waals surface area contributed by atoms with Gasteiger partial charge in [0.15, 0.2) is 0 Å². The Morgan fingerprint density at radius 3 is 2.25 bits per heavy atom. The second-order valence-corrected chi connectivity index (χ2v) is 6.56. The SMILES string of the molecule is CCCN(CC)Cc1ccc(C(=O)N[C@@H](CC(C)C)C(=O)O)cc1. The molecule has 0 aliphatic carbocycles. The first-order valence-electron chi connectivity index (χ1n) is 8.72. The number of benzene rings is 1.